The van der Waals surface area contributed by atoms with E-state index in [1.165, 1.54) is 0 Å². The molecule has 144 valence electrons. The second-order valence-electron chi connectivity index (χ2n) is 6.73. The first-order valence-corrected chi connectivity index (χ1v) is 9.40. The summed E-state index contributed by atoms with van der Waals surface area (Å²) in [7, 11) is 0. The molecule has 28 heavy (non-hydrogen) atoms. The average Bonchev–Trinajstić information content (AvgIpc) is 3.26. The Morgan fingerprint density at radius 2 is 1.86 bits per heavy atom. The molecule has 0 unspecified atom stereocenters. The number of aromatic nitrogens is 2. The summed E-state index contributed by atoms with van der Waals surface area (Å²) >= 11 is 0. The molecule has 4 rings (SSSR count). The fourth-order valence-electron chi connectivity index (χ4n) is 3.26. The van der Waals surface area contributed by atoms with E-state index in [2.05, 4.69) is 15.2 Å². The summed E-state index contributed by atoms with van der Waals surface area (Å²) in [6.45, 7) is 5.04. The second-order valence-corrected chi connectivity index (χ2v) is 6.73. The number of amides is 1. The van der Waals surface area contributed by atoms with Crippen LogP contribution in [0.2, 0.25) is 0 Å². The summed E-state index contributed by atoms with van der Waals surface area (Å²) in [6.07, 6.45) is 1.65. The Balaban J connectivity index is 1.59. The van der Waals surface area contributed by atoms with Crippen LogP contribution in [-0.4, -0.2) is 47.0 Å². The van der Waals surface area contributed by atoms with E-state index in [-0.39, 0.29) is 5.91 Å². The van der Waals surface area contributed by atoms with Gasteiger partial charge in [0.05, 0.1) is 18.5 Å². The number of anilines is 2. The van der Waals surface area contributed by atoms with Crippen molar-refractivity contribution in [1.82, 2.24) is 14.9 Å². The molecule has 1 fully saturated rings. The molecule has 0 atom stereocenters. The number of rotatable bonds is 5. The third-order valence-electron chi connectivity index (χ3n) is 4.83. The summed E-state index contributed by atoms with van der Waals surface area (Å²) in [6, 6.07) is 15.8. The molecule has 1 amide bonds. The van der Waals surface area contributed by atoms with Crippen molar-refractivity contribution in [2.75, 3.05) is 36.4 Å². The monoisotopic (exact) mass is 377 g/mol. The van der Waals surface area contributed by atoms with Gasteiger partial charge in [0.2, 0.25) is 11.9 Å². The van der Waals surface area contributed by atoms with Crippen LogP contribution >= 0.6 is 0 Å². The minimum absolute atomic E-state index is 0.119. The number of nitrogens with zero attached hydrogens (tertiary/aromatic N) is 4. The van der Waals surface area contributed by atoms with Crippen molar-refractivity contribution in [3.8, 4) is 11.3 Å². The van der Waals surface area contributed by atoms with Gasteiger partial charge in [-0.25, -0.2) is 4.98 Å². The highest BCUT2D eigenvalue weighted by Crippen LogP contribution is 2.24. The number of hydrogen-bond acceptors (Lipinski definition) is 6. The molecule has 0 spiro atoms. The van der Waals surface area contributed by atoms with E-state index in [1.807, 2.05) is 53.4 Å². The second kappa shape index (κ2) is 8.12. The Morgan fingerprint density at radius 1 is 1.07 bits per heavy atom. The third kappa shape index (κ3) is 4.14. The van der Waals surface area contributed by atoms with Gasteiger partial charge in [0.15, 0.2) is 0 Å². The molecule has 0 bridgehead atoms. The highest BCUT2D eigenvalue weighted by atomic mass is 16.3. The van der Waals surface area contributed by atoms with Gasteiger partial charge in [-0.05, 0) is 12.1 Å². The normalized spacial score (nSPS) is 14.2. The Bertz CT molecular complexity index is 919. The summed E-state index contributed by atoms with van der Waals surface area (Å²) in [5.74, 6) is 2.36. The van der Waals surface area contributed by atoms with Crippen molar-refractivity contribution in [3.05, 3.63) is 60.6 Å². The van der Waals surface area contributed by atoms with Crippen molar-refractivity contribution < 1.29 is 9.21 Å². The third-order valence-corrected chi connectivity index (χ3v) is 4.83. The molecule has 1 saturated heterocycles. The Morgan fingerprint density at radius 3 is 2.54 bits per heavy atom. The molecule has 7 nitrogen and oxygen atoms in total. The first kappa shape index (κ1) is 18.0. The Labute approximate surface area is 164 Å². The van der Waals surface area contributed by atoms with Gasteiger partial charge >= 0.3 is 0 Å². The quantitative estimate of drug-likeness (QED) is 0.737. The zero-order chi connectivity index (χ0) is 19.3. The zero-order valence-electron chi connectivity index (χ0n) is 15.8. The van der Waals surface area contributed by atoms with E-state index in [4.69, 9.17) is 9.40 Å². The summed E-state index contributed by atoms with van der Waals surface area (Å²) in [4.78, 5) is 25.1. The highest BCUT2D eigenvalue weighted by molar-refractivity contribution is 5.73. The van der Waals surface area contributed by atoms with Crippen LogP contribution < -0.4 is 10.2 Å². The molecule has 1 aromatic carbocycles. The van der Waals surface area contributed by atoms with Gasteiger partial charge in [-0.1, -0.05) is 30.3 Å². The number of carbonyl (C=O) groups is 1. The highest BCUT2D eigenvalue weighted by Gasteiger charge is 2.21. The van der Waals surface area contributed by atoms with E-state index < -0.39 is 0 Å². The molecule has 2 aromatic heterocycles. The molecule has 0 radical (unpaired) electrons. The predicted octanol–water partition coefficient (Wildman–Crippen LogP) is 3.02. The standard InChI is InChI=1S/C21H23N5O2/c1-16(27)25-9-11-26(12-10-25)20-14-19(17-6-3-2-4-7-17)23-21(24-20)22-15-18-8-5-13-28-18/h2-8,13-14H,9-12,15H2,1H3,(H,22,23,24). The van der Waals surface area contributed by atoms with Crippen molar-refractivity contribution in [1.29, 1.82) is 0 Å². The van der Waals surface area contributed by atoms with Crippen LogP contribution in [0, 0.1) is 0 Å². The number of benzene rings is 1. The smallest absolute Gasteiger partial charge is 0.225 e. The lowest BCUT2D eigenvalue weighted by atomic mass is 10.1. The minimum atomic E-state index is 0.119. The molecular weight excluding hydrogens is 354 g/mol. The lowest BCUT2D eigenvalue weighted by Gasteiger charge is -2.35. The summed E-state index contributed by atoms with van der Waals surface area (Å²) < 4.78 is 5.38. The first-order valence-electron chi connectivity index (χ1n) is 9.40. The van der Waals surface area contributed by atoms with Gasteiger partial charge in [0.25, 0.3) is 0 Å². The largest absolute Gasteiger partial charge is 0.467 e. The zero-order valence-corrected chi connectivity index (χ0v) is 15.8. The number of piperazine rings is 1. The topological polar surface area (TPSA) is 74.5 Å². The fourth-order valence-corrected chi connectivity index (χ4v) is 3.26. The fraction of sp³-hybridized carbons (Fsp3) is 0.286. The van der Waals surface area contributed by atoms with Gasteiger partial charge in [-0.3, -0.25) is 4.79 Å². The lowest BCUT2D eigenvalue weighted by Crippen LogP contribution is -2.48. The van der Waals surface area contributed by atoms with Crippen LogP contribution in [-0.2, 0) is 11.3 Å². The van der Waals surface area contributed by atoms with Crippen LogP contribution in [0.25, 0.3) is 11.3 Å². The Hall–Kier alpha value is -3.35. The summed E-state index contributed by atoms with van der Waals surface area (Å²) in [5.41, 5.74) is 1.90. The maximum Gasteiger partial charge on any atom is 0.225 e. The molecule has 1 N–H and O–H groups in total. The molecule has 0 aliphatic carbocycles. The lowest BCUT2D eigenvalue weighted by molar-refractivity contribution is -0.129. The van der Waals surface area contributed by atoms with Crippen LogP contribution in [0.1, 0.15) is 12.7 Å². The van der Waals surface area contributed by atoms with Crippen LogP contribution in [0.3, 0.4) is 0 Å². The average molecular weight is 377 g/mol. The first-order chi connectivity index (χ1) is 13.7. The number of carbonyl (C=O) groups excluding carboxylic acids is 1. The molecule has 3 aromatic rings. The Kier molecular flexibility index (Phi) is 5.23. The van der Waals surface area contributed by atoms with Gasteiger partial charge in [0.1, 0.15) is 11.6 Å². The van der Waals surface area contributed by atoms with Crippen LogP contribution in [0.5, 0.6) is 0 Å². The van der Waals surface area contributed by atoms with Crippen LogP contribution in [0.15, 0.2) is 59.2 Å². The SMILES string of the molecule is CC(=O)N1CCN(c2cc(-c3ccccc3)nc(NCc3ccco3)n2)CC1. The van der Waals surface area contributed by atoms with E-state index >= 15 is 0 Å². The van der Waals surface area contributed by atoms with E-state index in [9.17, 15) is 4.79 Å². The molecule has 1 aliphatic rings. The van der Waals surface area contributed by atoms with E-state index in [0.29, 0.717) is 25.6 Å². The number of hydrogen-bond donors (Lipinski definition) is 1. The van der Waals surface area contributed by atoms with Crippen molar-refractivity contribution in [2.45, 2.75) is 13.5 Å². The number of furan rings is 1. The van der Waals surface area contributed by atoms with Gasteiger partial charge in [0, 0.05) is 44.7 Å². The molecule has 7 heteroatoms. The molecule has 3 heterocycles. The van der Waals surface area contributed by atoms with Crippen LogP contribution in [0.4, 0.5) is 11.8 Å². The maximum absolute atomic E-state index is 11.6. The molecule has 1 aliphatic heterocycles. The maximum atomic E-state index is 11.6. The van der Waals surface area contributed by atoms with E-state index in [0.717, 1.165) is 35.9 Å². The van der Waals surface area contributed by atoms with Crippen molar-refractivity contribution >= 4 is 17.7 Å². The van der Waals surface area contributed by atoms with Gasteiger partial charge in [-0.15, -0.1) is 0 Å². The van der Waals surface area contributed by atoms with Crippen molar-refractivity contribution in [2.24, 2.45) is 0 Å². The molecular formula is C21H23N5O2. The van der Waals surface area contributed by atoms with Crippen molar-refractivity contribution in [3.63, 3.8) is 0 Å². The molecule has 0 saturated carbocycles. The van der Waals surface area contributed by atoms with Gasteiger partial charge < -0.3 is 19.5 Å². The minimum Gasteiger partial charge on any atom is -0.467 e. The van der Waals surface area contributed by atoms with E-state index in [1.54, 1.807) is 13.2 Å². The van der Waals surface area contributed by atoms with Gasteiger partial charge in [-0.2, -0.15) is 4.98 Å². The predicted molar refractivity (Wildman–Crippen MR) is 108 cm³/mol. The summed E-state index contributed by atoms with van der Waals surface area (Å²) in [5, 5.41) is 3.26. The number of nitrogens with one attached hydrogen (secondary N) is 1.